The van der Waals surface area contributed by atoms with Gasteiger partial charge in [0.2, 0.25) is 15.9 Å². The lowest BCUT2D eigenvalue weighted by atomic mass is 10.0. The fourth-order valence-corrected chi connectivity index (χ4v) is 5.92. The van der Waals surface area contributed by atoms with Crippen LogP contribution in [0.25, 0.3) is 0 Å². The summed E-state index contributed by atoms with van der Waals surface area (Å²) in [6, 6.07) is 11.8. The predicted molar refractivity (Wildman–Crippen MR) is 114 cm³/mol. The SMILES string of the molecule is O=C(C1CCCCN1S(=O)(=O)c1ccccc1)N1CCN(Cc2ccncc2)CC1. The summed E-state index contributed by atoms with van der Waals surface area (Å²) in [6.45, 7) is 4.05. The van der Waals surface area contributed by atoms with Crippen molar-refractivity contribution in [1.29, 1.82) is 0 Å². The minimum absolute atomic E-state index is 0.0576. The molecular weight excluding hydrogens is 400 g/mol. The van der Waals surface area contributed by atoms with E-state index in [9.17, 15) is 13.2 Å². The molecule has 0 radical (unpaired) electrons. The maximum atomic E-state index is 13.3. The Bertz CT molecular complexity index is 945. The lowest BCUT2D eigenvalue weighted by molar-refractivity contribution is -0.138. The van der Waals surface area contributed by atoms with Crippen LogP contribution in [0.2, 0.25) is 0 Å². The van der Waals surface area contributed by atoms with E-state index in [1.54, 1.807) is 42.7 Å². The Kier molecular flexibility index (Phi) is 6.46. The highest BCUT2D eigenvalue weighted by molar-refractivity contribution is 7.89. The number of hydrogen-bond acceptors (Lipinski definition) is 5. The standard InChI is InChI=1S/C22H28N4O3S/c27-22(25-16-14-24(15-17-25)18-19-9-11-23-12-10-19)21-8-4-5-13-26(21)30(28,29)20-6-2-1-3-7-20/h1-3,6-7,9-12,21H,4-5,8,13-18H2. The second-order valence-corrected chi connectivity index (χ2v) is 9.79. The van der Waals surface area contributed by atoms with Gasteiger partial charge in [0.25, 0.3) is 0 Å². The van der Waals surface area contributed by atoms with Gasteiger partial charge in [0, 0.05) is 51.7 Å². The Morgan fingerprint density at radius 3 is 2.33 bits per heavy atom. The highest BCUT2D eigenvalue weighted by atomic mass is 32.2. The van der Waals surface area contributed by atoms with E-state index in [4.69, 9.17) is 0 Å². The second-order valence-electron chi connectivity index (χ2n) is 7.90. The normalized spacial score (nSPS) is 21.5. The van der Waals surface area contributed by atoms with Crippen molar-refractivity contribution in [3.8, 4) is 0 Å². The number of carbonyl (C=O) groups excluding carboxylic acids is 1. The van der Waals surface area contributed by atoms with Crippen LogP contribution >= 0.6 is 0 Å². The molecule has 3 heterocycles. The summed E-state index contributed by atoms with van der Waals surface area (Å²) >= 11 is 0. The first kappa shape index (κ1) is 21.0. The Morgan fingerprint density at radius 2 is 1.63 bits per heavy atom. The first-order valence-corrected chi connectivity index (χ1v) is 12.0. The first-order chi connectivity index (χ1) is 14.6. The molecule has 0 saturated carbocycles. The fraction of sp³-hybridized carbons (Fsp3) is 0.455. The zero-order valence-electron chi connectivity index (χ0n) is 17.1. The molecule has 1 atom stereocenters. The average Bonchev–Trinajstić information content (AvgIpc) is 2.80. The van der Waals surface area contributed by atoms with Gasteiger partial charge < -0.3 is 4.90 Å². The van der Waals surface area contributed by atoms with Gasteiger partial charge in [-0.05, 0) is 42.7 Å². The molecule has 4 rings (SSSR count). The molecule has 7 nitrogen and oxygen atoms in total. The summed E-state index contributed by atoms with van der Waals surface area (Å²) in [7, 11) is -3.68. The summed E-state index contributed by atoms with van der Waals surface area (Å²) in [4.78, 5) is 21.8. The number of amides is 1. The van der Waals surface area contributed by atoms with E-state index < -0.39 is 16.1 Å². The van der Waals surface area contributed by atoms with Crippen LogP contribution in [-0.2, 0) is 21.4 Å². The molecule has 0 N–H and O–H groups in total. The molecule has 1 unspecified atom stereocenters. The van der Waals surface area contributed by atoms with Crippen molar-refractivity contribution in [2.24, 2.45) is 0 Å². The fourth-order valence-electron chi connectivity index (χ4n) is 4.25. The number of benzene rings is 1. The van der Waals surface area contributed by atoms with E-state index in [0.717, 1.165) is 32.5 Å². The molecule has 0 aliphatic carbocycles. The molecule has 2 aromatic rings. The van der Waals surface area contributed by atoms with Crippen LogP contribution in [0, 0.1) is 0 Å². The third-order valence-electron chi connectivity index (χ3n) is 5.93. The van der Waals surface area contributed by atoms with Gasteiger partial charge in [0.05, 0.1) is 4.90 Å². The lowest BCUT2D eigenvalue weighted by Crippen LogP contribution is -2.56. The third kappa shape index (κ3) is 4.55. The van der Waals surface area contributed by atoms with Crippen molar-refractivity contribution < 1.29 is 13.2 Å². The van der Waals surface area contributed by atoms with Crippen LogP contribution in [0.4, 0.5) is 0 Å². The number of nitrogens with zero attached hydrogens (tertiary/aromatic N) is 4. The second kappa shape index (κ2) is 9.24. The molecule has 1 aromatic heterocycles. The number of pyridine rings is 1. The van der Waals surface area contributed by atoms with Gasteiger partial charge in [0.1, 0.15) is 6.04 Å². The van der Waals surface area contributed by atoms with Crippen molar-refractivity contribution >= 4 is 15.9 Å². The Morgan fingerprint density at radius 1 is 0.933 bits per heavy atom. The number of aromatic nitrogens is 1. The number of carbonyl (C=O) groups is 1. The summed E-state index contributed by atoms with van der Waals surface area (Å²) < 4.78 is 27.8. The summed E-state index contributed by atoms with van der Waals surface area (Å²) in [5.74, 6) is -0.0576. The zero-order chi connectivity index (χ0) is 21.0. The Labute approximate surface area is 178 Å². The number of piperazine rings is 1. The molecule has 1 amide bonds. The molecular formula is C22H28N4O3S. The minimum Gasteiger partial charge on any atom is -0.339 e. The third-order valence-corrected chi connectivity index (χ3v) is 7.85. The lowest BCUT2D eigenvalue weighted by Gasteiger charge is -2.40. The van der Waals surface area contributed by atoms with Crippen molar-refractivity contribution in [3.05, 3.63) is 60.4 Å². The molecule has 2 saturated heterocycles. The van der Waals surface area contributed by atoms with E-state index in [1.165, 1.54) is 9.87 Å². The molecule has 2 fully saturated rings. The molecule has 1 aromatic carbocycles. The molecule has 2 aliphatic heterocycles. The van der Waals surface area contributed by atoms with Crippen molar-refractivity contribution in [2.75, 3.05) is 32.7 Å². The van der Waals surface area contributed by atoms with E-state index in [1.807, 2.05) is 17.0 Å². The Hall–Kier alpha value is -2.29. The van der Waals surface area contributed by atoms with Crippen LogP contribution in [-0.4, -0.2) is 72.2 Å². The van der Waals surface area contributed by atoms with Gasteiger partial charge in [-0.15, -0.1) is 0 Å². The maximum absolute atomic E-state index is 13.3. The van der Waals surface area contributed by atoms with Crippen LogP contribution < -0.4 is 0 Å². The molecule has 2 aliphatic rings. The minimum atomic E-state index is -3.68. The first-order valence-electron chi connectivity index (χ1n) is 10.5. The van der Waals surface area contributed by atoms with Crippen LogP contribution in [0.1, 0.15) is 24.8 Å². The largest absolute Gasteiger partial charge is 0.339 e. The highest BCUT2D eigenvalue weighted by Crippen LogP contribution is 2.27. The van der Waals surface area contributed by atoms with Crippen LogP contribution in [0.3, 0.4) is 0 Å². The highest BCUT2D eigenvalue weighted by Gasteiger charge is 2.39. The summed E-state index contributed by atoms with van der Waals surface area (Å²) in [6.07, 6.45) is 5.83. The van der Waals surface area contributed by atoms with Gasteiger partial charge >= 0.3 is 0 Å². The van der Waals surface area contributed by atoms with Gasteiger partial charge in [-0.1, -0.05) is 24.6 Å². The van der Waals surface area contributed by atoms with Gasteiger partial charge in [0.15, 0.2) is 0 Å². The van der Waals surface area contributed by atoms with Crippen LogP contribution in [0.15, 0.2) is 59.8 Å². The van der Waals surface area contributed by atoms with E-state index in [-0.39, 0.29) is 10.8 Å². The zero-order valence-corrected chi connectivity index (χ0v) is 17.9. The molecule has 160 valence electrons. The number of piperidine rings is 1. The van der Waals surface area contributed by atoms with Crippen molar-refractivity contribution in [1.82, 2.24) is 19.1 Å². The quantitative estimate of drug-likeness (QED) is 0.728. The predicted octanol–water partition coefficient (Wildman–Crippen LogP) is 1.97. The van der Waals surface area contributed by atoms with E-state index >= 15 is 0 Å². The summed E-state index contributed by atoms with van der Waals surface area (Å²) in [5.41, 5.74) is 1.21. The van der Waals surface area contributed by atoms with Gasteiger partial charge in [-0.2, -0.15) is 4.31 Å². The van der Waals surface area contributed by atoms with Crippen LogP contribution in [0.5, 0.6) is 0 Å². The van der Waals surface area contributed by atoms with E-state index in [0.29, 0.717) is 26.1 Å². The average molecular weight is 429 g/mol. The molecule has 0 spiro atoms. The maximum Gasteiger partial charge on any atom is 0.243 e. The summed E-state index contributed by atoms with van der Waals surface area (Å²) in [5, 5.41) is 0. The molecule has 8 heteroatoms. The number of hydrogen-bond donors (Lipinski definition) is 0. The number of rotatable bonds is 5. The molecule has 0 bridgehead atoms. The monoisotopic (exact) mass is 428 g/mol. The molecule has 30 heavy (non-hydrogen) atoms. The van der Waals surface area contributed by atoms with Gasteiger partial charge in [-0.3, -0.25) is 14.7 Å². The van der Waals surface area contributed by atoms with Gasteiger partial charge in [-0.25, -0.2) is 8.42 Å². The Balaban J connectivity index is 1.42. The smallest absolute Gasteiger partial charge is 0.243 e. The van der Waals surface area contributed by atoms with E-state index in [2.05, 4.69) is 9.88 Å². The topological polar surface area (TPSA) is 73.8 Å². The number of sulfonamides is 1. The van der Waals surface area contributed by atoms with Crippen molar-refractivity contribution in [3.63, 3.8) is 0 Å². The van der Waals surface area contributed by atoms with Crippen molar-refractivity contribution in [2.45, 2.75) is 36.7 Å².